The minimum Gasteiger partial charge on any atom is -0.146 e. The highest BCUT2D eigenvalue weighted by Gasteiger charge is 2.32. The molecule has 0 bridgehead atoms. The zero-order valence-electron chi connectivity index (χ0n) is 12.7. The molecule has 0 aromatic carbocycles. The van der Waals surface area contributed by atoms with Crippen LogP contribution in [0.15, 0.2) is 36.4 Å². The van der Waals surface area contributed by atoms with Gasteiger partial charge in [-0.2, -0.15) is 0 Å². The number of rotatable bonds is 3. The molecule has 1 fully saturated rings. The standard InChI is InChI=1S/C19H26S/c1-14-7-3-5-9-18(14)19-10-6-4-8-16(19)13-17-12-11-15(2)20-17/h4,6,8,10-12,14,16,18-19H,3,5,7,9,13H2,1-2H3. The van der Waals surface area contributed by atoms with Crippen LogP contribution in [0, 0.1) is 30.6 Å². The summed E-state index contributed by atoms with van der Waals surface area (Å²) in [5.41, 5.74) is 0. The maximum Gasteiger partial charge on any atom is 0.00541 e. The van der Waals surface area contributed by atoms with E-state index in [0.717, 1.165) is 17.8 Å². The Morgan fingerprint density at radius 3 is 2.65 bits per heavy atom. The van der Waals surface area contributed by atoms with Crippen LogP contribution in [0.4, 0.5) is 0 Å². The topological polar surface area (TPSA) is 0 Å². The van der Waals surface area contributed by atoms with E-state index in [9.17, 15) is 0 Å². The average Bonchev–Trinajstić information content (AvgIpc) is 2.86. The van der Waals surface area contributed by atoms with E-state index in [4.69, 9.17) is 0 Å². The summed E-state index contributed by atoms with van der Waals surface area (Å²) in [4.78, 5) is 3.00. The van der Waals surface area contributed by atoms with Crippen LogP contribution < -0.4 is 0 Å². The van der Waals surface area contributed by atoms with Gasteiger partial charge in [-0.05, 0) is 55.6 Å². The lowest BCUT2D eigenvalue weighted by atomic mass is 9.67. The van der Waals surface area contributed by atoms with Gasteiger partial charge >= 0.3 is 0 Å². The second kappa shape index (κ2) is 6.30. The van der Waals surface area contributed by atoms with Gasteiger partial charge in [0.2, 0.25) is 0 Å². The summed E-state index contributed by atoms with van der Waals surface area (Å²) in [6.07, 6.45) is 16.5. The van der Waals surface area contributed by atoms with Crippen LogP contribution >= 0.6 is 11.3 Å². The highest BCUT2D eigenvalue weighted by molar-refractivity contribution is 7.11. The number of aryl methyl sites for hydroxylation is 1. The number of hydrogen-bond donors (Lipinski definition) is 0. The molecule has 0 saturated heterocycles. The van der Waals surface area contributed by atoms with Crippen molar-refractivity contribution in [2.75, 3.05) is 0 Å². The van der Waals surface area contributed by atoms with Crippen LogP contribution in [0.2, 0.25) is 0 Å². The molecule has 1 aromatic rings. The van der Waals surface area contributed by atoms with E-state index in [2.05, 4.69) is 50.3 Å². The highest BCUT2D eigenvalue weighted by atomic mass is 32.1. The Morgan fingerprint density at radius 2 is 1.90 bits per heavy atom. The molecule has 1 saturated carbocycles. The summed E-state index contributed by atoms with van der Waals surface area (Å²) in [7, 11) is 0. The normalized spacial score (nSPS) is 33.5. The summed E-state index contributed by atoms with van der Waals surface area (Å²) in [5, 5.41) is 0. The molecule has 1 heteroatoms. The lowest BCUT2D eigenvalue weighted by Gasteiger charge is -2.38. The van der Waals surface area contributed by atoms with Crippen molar-refractivity contribution in [3.63, 3.8) is 0 Å². The van der Waals surface area contributed by atoms with E-state index in [1.54, 1.807) is 4.88 Å². The predicted octanol–water partition coefficient (Wildman–Crippen LogP) is 5.78. The molecule has 0 spiro atoms. The second-order valence-electron chi connectivity index (χ2n) is 6.65. The fourth-order valence-electron chi connectivity index (χ4n) is 4.08. The maximum atomic E-state index is 2.50. The Balaban J connectivity index is 1.74. The van der Waals surface area contributed by atoms with Crippen LogP contribution in [0.25, 0.3) is 0 Å². The Hall–Kier alpha value is -0.820. The van der Waals surface area contributed by atoms with Crippen LogP contribution in [0.5, 0.6) is 0 Å². The van der Waals surface area contributed by atoms with E-state index >= 15 is 0 Å². The van der Waals surface area contributed by atoms with Crippen molar-refractivity contribution in [1.82, 2.24) is 0 Å². The van der Waals surface area contributed by atoms with Crippen molar-refractivity contribution in [2.45, 2.75) is 46.0 Å². The summed E-state index contributed by atoms with van der Waals surface area (Å²) >= 11 is 1.97. The van der Waals surface area contributed by atoms with Crippen molar-refractivity contribution < 1.29 is 0 Å². The molecular weight excluding hydrogens is 260 g/mol. The third-order valence-corrected chi connectivity index (χ3v) is 6.23. The van der Waals surface area contributed by atoms with Crippen molar-refractivity contribution >= 4 is 11.3 Å². The van der Waals surface area contributed by atoms with E-state index in [0.29, 0.717) is 5.92 Å². The first-order valence-electron chi connectivity index (χ1n) is 8.14. The zero-order valence-corrected chi connectivity index (χ0v) is 13.5. The van der Waals surface area contributed by atoms with Crippen LogP contribution in [0.3, 0.4) is 0 Å². The molecular formula is C19H26S. The third kappa shape index (κ3) is 3.09. The Kier molecular flexibility index (Phi) is 4.45. The van der Waals surface area contributed by atoms with E-state index in [1.807, 2.05) is 11.3 Å². The van der Waals surface area contributed by atoms with Gasteiger partial charge in [0.05, 0.1) is 0 Å². The third-order valence-electron chi connectivity index (χ3n) is 5.20. The van der Waals surface area contributed by atoms with Gasteiger partial charge < -0.3 is 0 Å². The van der Waals surface area contributed by atoms with Gasteiger partial charge in [-0.15, -0.1) is 11.3 Å². The van der Waals surface area contributed by atoms with Crippen molar-refractivity contribution in [3.05, 3.63) is 46.2 Å². The molecule has 4 atom stereocenters. The monoisotopic (exact) mass is 286 g/mol. The first kappa shape index (κ1) is 14.1. The SMILES string of the molecule is Cc1ccc(CC2C=CC=CC2C2CCCCC2C)s1. The van der Waals surface area contributed by atoms with Gasteiger partial charge in [0.25, 0.3) is 0 Å². The number of allylic oxidation sites excluding steroid dienone is 4. The van der Waals surface area contributed by atoms with Gasteiger partial charge in [-0.3, -0.25) is 0 Å². The van der Waals surface area contributed by atoms with Gasteiger partial charge in [0, 0.05) is 9.75 Å². The number of hydrogen-bond acceptors (Lipinski definition) is 1. The summed E-state index contributed by atoms with van der Waals surface area (Å²) in [6.45, 7) is 4.69. The molecule has 2 aliphatic carbocycles. The van der Waals surface area contributed by atoms with E-state index in [-0.39, 0.29) is 0 Å². The van der Waals surface area contributed by atoms with Gasteiger partial charge in [0.1, 0.15) is 0 Å². The van der Waals surface area contributed by atoms with Gasteiger partial charge in [-0.25, -0.2) is 0 Å². The summed E-state index contributed by atoms with van der Waals surface area (Å²) < 4.78 is 0. The molecule has 4 unspecified atom stereocenters. The zero-order chi connectivity index (χ0) is 13.9. The Bertz CT molecular complexity index is 494. The second-order valence-corrected chi connectivity index (χ2v) is 8.03. The predicted molar refractivity (Wildman–Crippen MR) is 89.1 cm³/mol. The first-order valence-corrected chi connectivity index (χ1v) is 8.96. The first-order chi connectivity index (χ1) is 9.74. The van der Waals surface area contributed by atoms with Crippen LogP contribution in [0.1, 0.15) is 42.4 Å². The lowest BCUT2D eigenvalue weighted by Crippen LogP contribution is -2.30. The molecule has 2 aliphatic rings. The lowest BCUT2D eigenvalue weighted by molar-refractivity contribution is 0.172. The van der Waals surface area contributed by atoms with Gasteiger partial charge in [0.15, 0.2) is 0 Å². The Morgan fingerprint density at radius 1 is 1.10 bits per heavy atom. The average molecular weight is 286 g/mol. The smallest absolute Gasteiger partial charge is 0.00541 e. The minimum atomic E-state index is 0.712. The largest absolute Gasteiger partial charge is 0.146 e. The van der Waals surface area contributed by atoms with Crippen molar-refractivity contribution in [3.8, 4) is 0 Å². The Labute approximate surface area is 127 Å². The van der Waals surface area contributed by atoms with Crippen LogP contribution in [-0.2, 0) is 6.42 Å². The molecule has 20 heavy (non-hydrogen) atoms. The maximum absolute atomic E-state index is 2.50. The van der Waals surface area contributed by atoms with Crippen molar-refractivity contribution in [2.24, 2.45) is 23.7 Å². The molecule has 1 aromatic heterocycles. The summed E-state index contributed by atoms with van der Waals surface area (Å²) in [5.74, 6) is 3.27. The molecule has 3 rings (SSSR count). The fourth-order valence-corrected chi connectivity index (χ4v) is 5.04. The molecule has 0 nitrogen and oxygen atoms in total. The number of thiophene rings is 1. The highest BCUT2D eigenvalue weighted by Crippen LogP contribution is 2.41. The fraction of sp³-hybridized carbons (Fsp3) is 0.579. The molecule has 1 heterocycles. The minimum absolute atomic E-state index is 0.712. The summed E-state index contributed by atoms with van der Waals surface area (Å²) in [6, 6.07) is 4.59. The van der Waals surface area contributed by atoms with Crippen LogP contribution in [-0.4, -0.2) is 0 Å². The van der Waals surface area contributed by atoms with E-state index in [1.165, 1.54) is 37.0 Å². The van der Waals surface area contributed by atoms with Crippen molar-refractivity contribution in [1.29, 1.82) is 0 Å². The quantitative estimate of drug-likeness (QED) is 0.660. The molecule has 0 aliphatic heterocycles. The molecule has 0 amide bonds. The van der Waals surface area contributed by atoms with Gasteiger partial charge in [-0.1, -0.05) is 50.5 Å². The van der Waals surface area contributed by atoms with E-state index < -0.39 is 0 Å². The molecule has 108 valence electrons. The molecule has 0 radical (unpaired) electrons. The molecule has 0 N–H and O–H groups in total.